The lowest BCUT2D eigenvalue weighted by molar-refractivity contribution is 0.00633. The minimum atomic E-state index is 0.447. The number of ether oxygens (including phenoxy) is 1. The molecule has 0 aromatic carbocycles. The second-order valence-electron chi connectivity index (χ2n) is 4.11. The molecule has 2 heterocycles. The lowest BCUT2D eigenvalue weighted by Gasteiger charge is -2.31. The molecule has 1 fully saturated rings. The van der Waals surface area contributed by atoms with Gasteiger partial charge in [-0.05, 0) is 19.8 Å². The molecular weight excluding hydrogens is 226 g/mol. The van der Waals surface area contributed by atoms with Crippen LogP contribution in [0.1, 0.15) is 19.8 Å². The zero-order valence-corrected chi connectivity index (χ0v) is 10.4. The maximum atomic E-state index is 5.82. The van der Waals surface area contributed by atoms with E-state index in [9.17, 15) is 0 Å². The first-order chi connectivity index (χ1) is 7.78. The van der Waals surface area contributed by atoms with E-state index in [-0.39, 0.29) is 0 Å². The standard InChI is InChI=1S/C11H18ClN3O/c1-2-16-11-3-5-14(6-4-11)9-15-8-10(12)7-13-15/h7-8,11H,2-6,9H2,1H3. The zero-order chi connectivity index (χ0) is 11.4. The van der Waals surface area contributed by atoms with Gasteiger partial charge in [-0.3, -0.25) is 9.58 Å². The molecule has 0 unspecified atom stereocenters. The summed E-state index contributed by atoms with van der Waals surface area (Å²) in [7, 11) is 0. The predicted octanol–water partition coefficient (Wildman–Crippen LogP) is 1.99. The van der Waals surface area contributed by atoms with Crippen LogP contribution in [-0.4, -0.2) is 40.5 Å². The Bertz CT molecular complexity index is 321. The van der Waals surface area contributed by atoms with Crippen LogP contribution >= 0.6 is 11.6 Å². The topological polar surface area (TPSA) is 30.3 Å². The summed E-state index contributed by atoms with van der Waals surface area (Å²) in [6.45, 7) is 5.84. The summed E-state index contributed by atoms with van der Waals surface area (Å²) >= 11 is 5.82. The number of rotatable bonds is 4. The van der Waals surface area contributed by atoms with Crippen molar-refractivity contribution in [1.29, 1.82) is 0 Å². The Morgan fingerprint density at radius 2 is 2.25 bits per heavy atom. The Morgan fingerprint density at radius 1 is 1.50 bits per heavy atom. The number of piperidine rings is 1. The fourth-order valence-electron chi connectivity index (χ4n) is 2.07. The van der Waals surface area contributed by atoms with Gasteiger partial charge in [-0.25, -0.2) is 0 Å². The molecule has 1 saturated heterocycles. The van der Waals surface area contributed by atoms with Gasteiger partial charge in [-0.15, -0.1) is 0 Å². The summed E-state index contributed by atoms with van der Waals surface area (Å²) in [5, 5.41) is 4.88. The average molecular weight is 244 g/mol. The Kier molecular flexibility index (Phi) is 4.21. The van der Waals surface area contributed by atoms with E-state index in [0.717, 1.165) is 39.2 Å². The molecule has 0 bridgehead atoms. The van der Waals surface area contributed by atoms with E-state index in [2.05, 4.69) is 16.9 Å². The lowest BCUT2D eigenvalue weighted by Crippen LogP contribution is -2.38. The second kappa shape index (κ2) is 5.66. The van der Waals surface area contributed by atoms with E-state index in [1.54, 1.807) is 6.20 Å². The van der Waals surface area contributed by atoms with Crippen molar-refractivity contribution in [1.82, 2.24) is 14.7 Å². The normalized spacial score (nSPS) is 19.1. The highest BCUT2D eigenvalue weighted by Crippen LogP contribution is 2.14. The second-order valence-corrected chi connectivity index (χ2v) is 4.55. The first-order valence-electron chi connectivity index (χ1n) is 5.80. The van der Waals surface area contributed by atoms with E-state index >= 15 is 0 Å². The Morgan fingerprint density at radius 3 is 2.81 bits per heavy atom. The third-order valence-electron chi connectivity index (χ3n) is 2.88. The Balaban J connectivity index is 1.77. The molecule has 1 aliphatic rings. The van der Waals surface area contributed by atoms with Gasteiger partial charge in [-0.2, -0.15) is 5.10 Å². The maximum absolute atomic E-state index is 5.82. The van der Waals surface area contributed by atoms with Gasteiger partial charge < -0.3 is 4.74 Å². The van der Waals surface area contributed by atoms with Crippen LogP contribution in [0.25, 0.3) is 0 Å². The fourth-order valence-corrected chi connectivity index (χ4v) is 2.23. The molecule has 0 saturated carbocycles. The fraction of sp³-hybridized carbons (Fsp3) is 0.727. The Labute approximate surface area is 101 Å². The van der Waals surface area contributed by atoms with Crippen LogP contribution in [0.2, 0.25) is 5.02 Å². The number of halogens is 1. The van der Waals surface area contributed by atoms with Gasteiger partial charge in [0.1, 0.15) is 0 Å². The summed E-state index contributed by atoms with van der Waals surface area (Å²) in [6.07, 6.45) is 6.21. The van der Waals surface area contributed by atoms with Crippen LogP contribution < -0.4 is 0 Å². The molecule has 0 radical (unpaired) electrons. The van der Waals surface area contributed by atoms with Crippen LogP contribution in [0.4, 0.5) is 0 Å². The molecule has 0 aliphatic carbocycles. The largest absolute Gasteiger partial charge is 0.378 e. The number of hydrogen-bond acceptors (Lipinski definition) is 3. The van der Waals surface area contributed by atoms with Gasteiger partial charge in [-0.1, -0.05) is 11.6 Å². The molecule has 2 rings (SSSR count). The molecular formula is C11H18ClN3O. The molecule has 16 heavy (non-hydrogen) atoms. The average Bonchev–Trinajstić information content (AvgIpc) is 2.67. The summed E-state index contributed by atoms with van der Waals surface area (Å²) in [4.78, 5) is 2.37. The van der Waals surface area contributed by atoms with E-state index in [4.69, 9.17) is 16.3 Å². The third kappa shape index (κ3) is 3.20. The lowest BCUT2D eigenvalue weighted by atomic mass is 10.1. The van der Waals surface area contributed by atoms with E-state index < -0.39 is 0 Å². The third-order valence-corrected chi connectivity index (χ3v) is 3.08. The molecule has 0 amide bonds. The smallest absolute Gasteiger partial charge is 0.0929 e. The van der Waals surface area contributed by atoms with Gasteiger partial charge in [0.2, 0.25) is 0 Å². The molecule has 0 N–H and O–H groups in total. The molecule has 5 heteroatoms. The van der Waals surface area contributed by atoms with Gasteiger partial charge >= 0.3 is 0 Å². The highest BCUT2D eigenvalue weighted by Gasteiger charge is 2.19. The van der Waals surface area contributed by atoms with Crippen LogP contribution in [0, 0.1) is 0 Å². The van der Waals surface area contributed by atoms with E-state index in [1.807, 2.05) is 10.9 Å². The highest BCUT2D eigenvalue weighted by atomic mass is 35.5. The van der Waals surface area contributed by atoms with E-state index in [0.29, 0.717) is 11.1 Å². The summed E-state index contributed by atoms with van der Waals surface area (Å²) in [5.41, 5.74) is 0. The van der Waals surface area contributed by atoms with Gasteiger partial charge in [0.15, 0.2) is 0 Å². The first kappa shape index (κ1) is 11.9. The van der Waals surface area contributed by atoms with Gasteiger partial charge in [0, 0.05) is 25.9 Å². The number of aromatic nitrogens is 2. The number of nitrogens with zero attached hydrogens (tertiary/aromatic N) is 3. The van der Waals surface area contributed by atoms with Crippen molar-refractivity contribution in [2.24, 2.45) is 0 Å². The van der Waals surface area contributed by atoms with Crippen LogP contribution in [-0.2, 0) is 11.4 Å². The summed E-state index contributed by atoms with van der Waals surface area (Å²) < 4.78 is 7.49. The van der Waals surface area contributed by atoms with Crippen molar-refractivity contribution in [3.05, 3.63) is 17.4 Å². The molecule has 90 valence electrons. The van der Waals surface area contributed by atoms with Crippen LogP contribution in [0.15, 0.2) is 12.4 Å². The van der Waals surface area contributed by atoms with Crippen LogP contribution in [0.3, 0.4) is 0 Å². The van der Waals surface area contributed by atoms with Crippen molar-refractivity contribution >= 4 is 11.6 Å². The molecule has 0 atom stereocenters. The minimum Gasteiger partial charge on any atom is -0.378 e. The predicted molar refractivity (Wildman–Crippen MR) is 63.5 cm³/mol. The summed E-state index contributed by atoms with van der Waals surface area (Å²) in [5.74, 6) is 0. The highest BCUT2D eigenvalue weighted by molar-refractivity contribution is 6.30. The maximum Gasteiger partial charge on any atom is 0.0929 e. The molecule has 0 spiro atoms. The number of likely N-dealkylation sites (tertiary alicyclic amines) is 1. The quantitative estimate of drug-likeness (QED) is 0.810. The monoisotopic (exact) mass is 243 g/mol. The van der Waals surface area contributed by atoms with Gasteiger partial charge in [0.25, 0.3) is 0 Å². The summed E-state index contributed by atoms with van der Waals surface area (Å²) in [6, 6.07) is 0. The number of hydrogen-bond donors (Lipinski definition) is 0. The zero-order valence-electron chi connectivity index (χ0n) is 9.60. The van der Waals surface area contributed by atoms with E-state index in [1.165, 1.54) is 0 Å². The van der Waals surface area contributed by atoms with Crippen molar-refractivity contribution in [3.8, 4) is 0 Å². The van der Waals surface area contributed by atoms with Crippen molar-refractivity contribution < 1.29 is 4.74 Å². The van der Waals surface area contributed by atoms with Crippen molar-refractivity contribution in [3.63, 3.8) is 0 Å². The van der Waals surface area contributed by atoms with Crippen molar-refractivity contribution in [2.75, 3.05) is 19.7 Å². The molecule has 1 aromatic heterocycles. The van der Waals surface area contributed by atoms with Crippen LogP contribution in [0.5, 0.6) is 0 Å². The van der Waals surface area contributed by atoms with Gasteiger partial charge in [0.05, 0.1) is 24.0 Å². The molecule has 4 nitrogen and oxygen atoms in total. The molecule has 1 aromatic rings. The minimum absolute atomic E-state index is 0.447. The van der Waals surface area contributed by atoms with Crippen molar-refractivity contribution in [2.45, 2.75) is 32.5 Å². The first-order valence-corrected chi connectivity index (χ1v) is 6.17. The Hall–Kier alpha value is -0.580. The molecule has 1 aliphatic heterocycles. The SMILES string of the molecule is CCOC1CCN(Cn2cc(Cl)cn2)CC1.